The molecule has 216 valence electrons. The van der Waals surface area contributed by atoms with Crippen LogP contribution in [0.2, 0.25) is 0 Å². The van der Waals surface area contributed by atoms with Crippen LogP contribution in [0.15, 0.2) is 97.1 Å². The van der Waals surface area contributed by atoms with Crippen molar-refractivity contribution in [2.24, 2.45) is 17.4 Å². The van der Waals surface area contributed by atoms with Gasteiger partial charge in [-0.2, -0.15) is 0 Å². The minimum atomic E-state index is -0.692. The fourth-order valence-electron chi connectivity index (χ4n) is 4.56. The highest BCUT2D eigenvalue weighted by atomic mass is 16.7. The molecule has 1 aliphatic rings. The van der Waals surface area contributed by atoms with Gasteiger partial charge in [0.25, 0.3) is 11.8 Å². The number of nitrogens with two attached hydrogens (primary N) is 3. The molecule has 0 bridgehead atoms. The molecule has 1 fully saturated rings. The molecular formula is C33H34N4O5. The zero-order valence-electron chi connectivity index (χ0n) is 23.5. The average molecular weight is 567 g/mol. The van der Waals surface area contributed by atoms with Crippen molar-refractivity contribution in [2.45, 2.75) is 19.6 Å². The van der Waals surface area contributed by atoms with Crippen LogP contribution in [0.25, 0.3) is 22.3 Å². The van der Waals surface area contributed by atoms with Crippen LogP contribution >= 0.6 is 0 Å². The molecule has 3 amide bonds. The fourth-order valence-corrected chi connectivity index (χ4v) is 4.56. The van der Waals surface area contributed by atoms with Crippen LogP contribution < -0.4 is 22.5 Å². The molecule has 0 aliphatic carbocycles. The summed E-state index contributed by atoms with van der Waals surface area (Å²) < 4.78 is 11.1. The number of nitrogens with one attached hydrogen (secondary N) is 1. The first-order valence-corrected chi connectivity index (χ1v) is 13.4. The number of primary amides is 2. The van der Waals surface area contributed by atoms with E-state index in [0.29, 0.717) is 22.5 Å². The Kier molecular flexibility index (Phi) is 9.36. The number of amides is 3. The van der Waals surface area contributed by atoms with Gasteiger partial charge in [-0.1, -0.05) is 84.9 Å². The van der Waals surface area contributed by atoms with Gasteiger partial charge in [0.2, 0.25) is 5.91 Å². The first-order valence-electron chi connectivity index (χ1n) is 13.4. The molecule has 0 radical (unpaired) electrons. The minimum absolute atomic E-state index is 0.253. The second-order valence-corrected chi connectivity index (χ2v) is 10.2. The average Bonchev–Trinajstić information content (AvgIpc) is 2.97. The lowest BCUT2D eigenvalue weighted by Gasteiger charge is -2.34. The van der Waals surface area contributed by atoms with Gasteiger partial charge in [-0.05, 0) is 48.2 Å². The summed E-state index contributed by atoms with van der Waals surface area (Å²) in [6.07, 6.45) is 0. The topological polar surface area (TPSA) is 160 Å². The lowest BCUT2D eigenvalue weighted by Crippen LogP contribution is -2.43. The lowest BCUT2D eigenvalue weighted by molar-refractivity contribution is -0.258. The number of carbonyl (C=O) groups is 3. The van der Waals surface area contributed by atoms with E-state index in [1.807, 2.05) is 72.8 Å². The summed E-state index contributed by atoms with van der Waals surface area (Å²) in [5.41, 5.74) is 21.4. The van der Waals surface area contributed by atoms with Crippen molar-refractivity contribution in [1.82, 2.24) is 0 Å². The van der Waals surface area contributed by atoms with Crippen LogP contribution in [0.3, 0.4) is 0 Å². The van der Waals surface area contributed by atoms with Crippen LogP contribution in [0.5, 0.6) is 0 Å². The van der Waals surface area contributed by atoms with E-state index in [4.69, 9.17) is 26.7 Å². The molecule has 1 heterocycles. The number of anilines is 2. The minimum Gasteiger partial charge on any atom is -0.398 e. The van der Waals surface area contributed by atoms with Gasteiger partial charge in [0.05, 0.1) is 35.9 Å². The highest BCUT2D eigenvalue weighted by Gasteiger charge is 2.32. The molecule has 4 aromatic carbocycles. The van der Waals surface area contributed by atoms with Crippen molar-refractivity contribution < 1.29 is 23.9 Å². The van der Waals surface area contributed by atoms with Gasteiger partial charge in [0.15, 0.2) is 5.79 Å². The van der Waals surface area contributed by atoms with Crippen molar-refractivity contribution in [3.05, 3.63) is 108 Å². The number of carbonyl (C=O) groups excluding carboxylic acids is 3. The molecule has 1 saturated heterocycles. The van der Waals surface area contributed by atoms with Crippen molar-refractivity contribution in [3.8, 4) is 22.3 Å². The Bertz CT molecular complexity index is 1560. The van der Waals surface area contributed by atoms with E-state index in [1.54, 1.807) is 38.1 Å². The van der Waals surface area contributed by atoms with Crippen molar-refractivity contribution in [3.63, 3.8) is 0 Å². The third-order valence-corrected chi connectivity index (χ3v) is 6.72. The molecule has 0 saturated carbocycles. The van der Waals surface area contributed by atoms with Gasteiger partial charge in [0, 0.05) is 5.69 Å². The maximum Gasteiger partial charge on any atom is 0.251 e. The Morgan fingerprint density at radius 3 is 1.67 bits per heavy atom. The molecule has 1 aliphatic heterocycles. The van der Waals surface area contributed by atoms with Gasteiger partial charge < -0.3 is 32.0 Å². The van der Waals surface area contributed by atoms with Gasteiger partial charge in [-0.15, -0.1) is 0 Å². The zero-order valence-corrected chi connectivity index (χ0v) is 23.5. The molecular weight excluding hydrogens is 532 g/mol. The van der Waals surface area contributed by atoms with Gasteiger partial charge in [-0.3, -0.25) is 14.4 Å². The maximum absolute atomic E-state index is 12.6. The third-order valence-electron chi connectivity index (χ3n) is 6.72. The van der Waals surface area contributed by atoms with E-state index in [0.717, 1.165) is 16.7 Å². The number of nitrogen functional groups attached to an aromatic ring is 1. The summed E-state index contributed by atoms with van der Waals surface area (Å²) in [5.74, 6) is -2.52. The number of rotatable bonds is 6. The van der Waals surface area contributed by atoms with Gasteiger partial charge >= 0.3 is 0 Å². The van der Waals surface area contributed by atoms with Crippen molar-refractivity contribution in [2.75, 3.05) is 24.3 Å². The number of hydrogen-bond donors (Lipinski definition) is 4. The summed E-state index contributed by atoms with van der Waals surface area (Å²) >= 11 is 0. The Labute approximate surface area is 244 Å². The van der Waals surface area contributed by atoms with E-state index in [2.05, 4.69) is 5.32 Å². The van der Waals surface area contributed by atoms with Crippen LogP contribution in [0.1, 0.15) is 34.6 Å². The molecule has 4 aromatic rings. The quantitative estimate of drug-likeness (QED) is 0.245. The summed E-state index contributed by atoms with van der Waals surface area (Å²) in [4.78, 5) is 36.0. The van der Waals surface area contributed by atoms with Crippen LogP contribution in [-0.4, -0.2) is 36.7 Å². The van der Waals surface area contributed by atoms with Crippen LogP contribution in [0, 0.1) is 5.92 Å². The molecule has 0 spiro atoms. The zero-order chi connectivity index (χ0) is 30.3. The summed E-state index contributed by atoms with van der Waals surface area (Å²) in [7, 11) is 0. The molecule has 7 N–H and O–H groups in total. The number of hydrogen-bond acceptors (Lipinski definition) is 6. The first kappa shape index (κ1) is 30.0. The van der Waals surface area contributed by atoms with Crippen molar-refractivity contribution >= 4 is 29.1 Å². The molecule has 0 unspecified atom stereocenters. The van der Waals surface area contributed by atoms with E-state index < -0.39 is 23.5 Å². The highest BCUT2D eigenvalue weighted by Crippen LogP contribution is 2.30. The van der Waals surface area contributed by atoms with Gasteiger partial charge in [0.1, 0.15) is 0 Å². The maximum atomic E-state index is 12.6. The molecule has 0 aromatic heterocycles. The summed E-state index contributed by atoms with van der Waals surface area (Å²) in [6, 6.07) is 29.6. The normalized spacial score (nSPS) is 14.2. The molecule has 0 atom stereocenters. The molecule has 5 rings (SSSR count). The standard InChI is InChI=1S/C20H22N2O4.C13H12N2O/c1-20(2)25-11-14(12-26-20)19(24)22-16-10-6-9-15(17(16)18(21)23)13-7-4-3-5-8-13;14-11-8-4-7-10(12(11)13(15)16)9-5-2-1-3-6-9/h3-10,14H,11-12H2,1-2H3,(H2,21,23)(H,22,24);1-8H,14H2,(H2,15,16). The Morgan fingerprint density at radius 1 is 0.690 bits per heavy atom. The second kappa shape index (κ2) is 13.1. The van der Waals surface area contributed by atoms with E-state index >= 15 is 0 Å². The summed E-state index contributed by atoms with van der Waals surface area (Å²) in [6.45, 7) is 4.11. The largest absolute Gasteiger partial charge is 0.398 e. The smallest absolute Gasteiger partial charge is 0.251 e. The third kappa shape index (κ3) is 7.20. The number of benzene rings is 4. The van der Waals surface area contributed by atoms with E-state index in [9.17, 15) is 14.4 Å². The first-order chi connectivity index (χ1) is 20.1. The Morgan fingerprint density at radius 2 is 1.17 bits per heavy atom. The Hall–Kier alpha value is -4.99. The fraction of sp³-hybridized carbons (Fsp3) is 0.182. The van der Waals surface area contributed by atoms with Gasteiger partial charge in [-0.25, -0.2) is 0 Å². The molecule has 42 heavy (non-hydrogen) atoms. The van der Waals surface area contributed by atoms with E-state index in [1.165, 1.54) is 0 Å². The predicted octanol–water partition coefficient (Wildman–Crippen LogP) is 4.82. The van der Waals surface area contributed by atoms with E-state index in [-0.39, 0.29) is 24.7 Å². The second-order valence-electron chi connectivity index (χ2n) is 10.2. The van der Waals surface area contributed by atoms with Crippen molar-refractivity contribution in [1.29, 1.82) is 0 Å². The number of ether oxygens (including phenoxy) is 2. The predicted molar refractivity (Wildman–Crippen MR) is 163 cm³/mol. The van der Waals surface area contributed by atoms with Crippen LogP contribution in [0.4, 0.5) is 11.4 Å². The molecule has 9 nitrogen and oxygen atoms in total. The highest BCUT2D eigenvalue weighted by molar-refractivity contribution is 6.08. The lowest BCUT2D eigenvalue weighted by atomic mass is 9.97. The molecule has 9 heteroatoms. The Balaban J connectivity index is 0.000000216. The SMILES string of the molecule is CC1(C)OCC(C(=O)Nc2cccc(-c3ccccc3)c2C(N)=O)CO1.NC(=O)c1c(N)cccc1-c1ccccc1. The van der Waals surface area contributed by atoms with Crippen LogP contribution in [-0.2, 0) is 14.3 Å². The monoisotopic (exact) mass is 566 g/mol. The summed E-state index contributed by atoms with van der Waals surface area (Å²) in [5, 5.41) is 2.80.